The van der Waals surface area contributed by atoms with Gasteiger partial charge in [0, 0.05) is 29.7 Å². The standard InChI is InChI=1S/C18H24N2O/c1-13-11-16-17(19)8-3-9-18(16)20(13)15-7-2-5-14(12-15)6-4-10-21/h2,5,7,11-12,17,21H,3-4,6,8-10,19H2,1H3. The predicted molar refractivity (Wildman–Crippen MR) is 85.8 cm³/mol. The molecule has 0 saturated heterocycles. The maximum Gasteiger partial charge on any atom is 0.0457 e. The highest BCUT2D eigenvalue weighted by Crippen LogP contribution is 2.32. The van der Waals surface area contributed by atoms with Crippen molar-refractivity contribution in [2.45, 2.75) is 45.1 Å². The molecule has 1 aliphatic rings. The lowest BCUT2D eigenvalue weighted by atomic mass is 9.93. The van der Waals surface area contributed by atoms with Crippen molar-refractivity contribution in [2.24, 2.45) is 5.73 Å². The summed E-state index contributed by atoms with van der Waals surface area (Å²) in [4.78, 5) is 0. The number of hydrogen-bond acceptors (Lipinski definition) is 2. The van der Waals surface area contributed by atoms with Crippen molar-refractivity contribution in [3.63, 3.8) is 0 Å². The minimum atomic E-state index is 0.186. The summed E-state index contributed by atoms with van der Waals surface area (Å²) in [5.41, 5.74) is 12.7. The van der Waals surface area contributed by atoms with E-state index in [2.05, 4.69) is 41.8 Å². The Hall–Kier alpha value is -1.58. The van der Waals surface area contributed by atoms with E-state index in [-0.39, 0.29) is 12.6 Å². The zero-order valence-corrected chi connectivity index (χ0v) is 12.7. The van der Waals surface area contributed by atoms with Crippen LogP contribution in [0.15, 0.2) is 30.3 Å². The van der Waals surface area contributed by atoms with Crippen molar-refractivity contribution < 1.29 is 5.11 Å². The number of hydrogen-bond donors (Lipinski definition) is 2. The Morgan fingerprint density at radius 1 is 1.33 bits per heavy atom. The number of nitrogens with two attached hydrogens (primary N) is 1. The second-order valence-corrected chi connectivity index (χ2v) is 6.02. The zero-order chi connectivity index (χ0) is 14.8. The van der Waals surface area contributed by atoms with Crippen molar-refractivity contribution in [2.75, 3.05) is 6.61 Å². The predicted octanol–water partition coefficient (Wildman–Crippen LogP) is 3.05. The molecule has 0 radical (unpaired) electrons. The molecule has 1 atom stereocenters. The number of aromatic nitrogens is 1. The van der Waals surface area contributed by atoms with Crippen LogP contribution in [0, 0.1) is 6.92 Å². The number of benzene rings is 1. The molecule has 2 aromatic rings. The molecule has 3 rings (SSSR count). The molecule has 1 aromatic carbocycles. The van der Waals surface area contributed by atoms with Crippen molar-refractivity contribution in [3.8, 4) is 5.69 Å². The number of aryl methyl sites for hydroxylation is 2. The third-order valence-corrected chi connectivity index (χ3v) is 4.44. The highest BCUT2D eigenvalue weighted by Gasteiger charge is 2.22. The third-order valence-electron chi connectivity index (χ3n) is 4.44. The molecular formula is C18H24N2O. The normalized spacial score (nSPS) is 17.8. The first-order chi connectivity index (χ1) is 10.2. The SMILES string of the molecule is Cc1cc2c(n1-c1cccc(CCCO)c1)CCCC2N. The molecule has 0 amide bonds. The monoisotopic (exact) mass is 284 g/mol. The van der Waals surface area contributed by atoms with E-state index in [0.29, 0.717) is 0 Å². The summed E-state index contributed by atoms with van der Waals surface area (Å²) in [5, 5.41) is 8.99. The highest BCUT2D eigenvalue weighted by atomic mass is 16.2. The summed E-state index contributed by atoms with van der Waals surface area (Å²) >= 11 is 0. The topological polar surface area (TPSA) is 51.2 Å². The molecule has 3 N–H and O–H groups in total. The van der Waals surface area contributed by atoms with E-state index >= 15 is 0 Å². The molecule has 0 aliphatic heterocycles. The Morgan fingerprint density at radius 3 is 3.00 bits per heavy atom. The Kier molecular flexibility index (Phi) is 4.13. The van der Waals surface area contributed by atoms with Crippen LogP contribution in [-0.2, 0) is 12.8 Å². The van der Waals surface area contributed by atoms with Crippen molar-refractivity contribution in [3.05, 3.63) is 52.8 Å². The van der Waals surface area contributed by atoms with Gasteiger partial charge in [-0.05, 0) is 68.4 Å². The Labute approximate surface area is 126 Å². The molecule has 0 saturated carbocycles. The zero-order valence-electron chi connectivity index (χ0n) is 12.7. The van der Waals surface area contributed by atoms with Crippen molar-refractivity contribution in [1.82, 2.24) is 4.57 Å². The highest BCUT2D eigenvalue weighted by molar-refractivity contribution is 5.45. The Balaban J connectivity index is 2.01. The summed E-state index contributed by atoms with van der Waals surface area (Å²) in [6.45, 7) is 2.41. The quantitative estimate of drug-likeness (QED) is 0.906. The molecule has 1 heterocycles. The van der Waals surface area contributed by atoms with Gasteiger partial charge in [0.15, 0.2) is 0 Å². The van der Waals surface area contributed by atoms with Crippen LogP contribution in [0.4, 0.5) is 0 Å². The van der Waals surface area contributed by atoms with E-state index in [0.717, 1.165) is 25.7 Å². The second kappa shape index (κ2) is 6.04. The van der Waals surface area contributed by atoms with Gasteiger partial charge in [-0.2, -0.15) is 0 Å². The van der Waals surface area contributed by atoms with E-state index in [4.69, 9.17) is 10.8 Å². The summed E-state index contributed by atoms with van der Waals surface area (Å²) < 4.78 is 2.36. The third kappa shape index (κ3) is 2.76. The van der Waals surface area contributed by atoms with Crippen molar-refractivity contribution >= 4 is 0 Å². The molecule has 1 unspecified atom stereocenters. The smallest absolute Gasteiger partial charge is 0.0457 e. The van der Waals surface area contributed by atoms with Crippen LogP contribution >= 0.6 is 0 Å². The van der Waals surface area contributed by atoms with Gasteiger partial charge in [-0.1, -0.05) is 12.1 Å². The first-order valence-electron chi connectivity index (χ1n) is 7.87. The van der Waals surface area contributed by atoms with E-state index in [1.807, 2.05) is 0 Å². The van der Waals surface area contributed by atoms with Crippen LogP contribution in [0.2, 0.25) is 0 Å². The summed E-state index contributed by atoms with van der Waals surface area (Å²) in [6, 6.07) is 11.1. The number of rotatable bonds is 4. The van der Waals surface area contributed by atoms with E-state index in [1.165, 1.54) is 34.6 Å². The lowest BCUT2D eigenvalue weighted by Crippen LogP contribution is -2.18. The molecule has 3 heteroatoms. The second-order valence-electron chi connectivity index (χ2n) is 6.02. The maximum absolute atomic E-state index is 8.99. The van der Waals surface area contributed by atoms with Crippen molar-refractivity contribution in [1.29, 1.82) is 0 Å². The van der Waals surface area contributed by atoms with Gasteiger partial charge in [0.05, 0.1) is 0 Å². The molecule has 3 nitrogen and oxygen atoms in total. The lowest BCUT2D eigenvalue weighted by molar-refractivity contribution is 0.288. The molecular weight excluding hydrogens is 260 g/mol. The Morgan fingerprint density at radius 2 is 2.19 bits per heavy atom. The van der Waals surface area contributed by atoms with E-state index in [9.17, 15) is 0 Å². The Bertz CT molecular complexity index is 630. The van der Waals surface area contributed by atoms with Gasteiger partial charge in [-0.25, -0.2) is 0 Å². The summed E-state index contributed by atoms with van der Waals surface area (Å²) in [7, 11) is 0. The number of aliphatic hydroxyl groups is 1. The fourth-order valence-electron chi connectivity index (χ4n) is 3.43. The average Bonchev–Trinajstić information content (AvgIpc) is 2.83. The van der Waals surface area contributed by atoms with Gasteiger partial charge < -0.3 is 15.4 Å². The largest absolute Gasteiger partial charge is 0.396 e. The first-order valence-corrected chi connectivity index (χ1v) is 7.87. The van der Waals surface area contributed by atoms with Crippen LogP contribution in [0.3, 0.4) is 0 Å². The van der Waals surface area contributed by atoms with Crippen LogP contribution in [0.25, 0.3) is 5.69 Å². The molecule has 112 valence electrons. The number of nitrogens with zero attached hydrogens (tertiary/aromatic N) is 1. The summed E-state index contributed by atoms with van der Waals surface area (Å²) in [6.07, 6.45) is 5.11. The van der Waals surface area contributed by atoms with Crippen LogP contribution in [0.1, 0.15) is 47.8 Å². The van der Waals surface area contributed by atoms with E-state index in [1.54, 1.807) is 0 Å². The van der Waals surface area contributed by atoms with Gasteiger partial charge in [0.25, 0.3) is 0 Å². The van der Waals surface area contributed by atoms with Gasteiger partial charge >= 0.3 is 0 Å². The molecule has 1 aliphatic carbocycles. The fraction of sp³-hybridized carbons (Fsp3) is 0.444. The van der Waals surface area contributed by atoms with Gasteiger partial charge in [-0.15, -0.1) is 0 Å². The van der Waals surface area contributed by atoms with E-state index < -0.39 is 0 Å². The van der Waals surface area contributed by atoms with Gasteiger partial charge in [0.1, 0.15) is 0 Å². The van der Waals surface area contributed by atoms with Gasteiger partial charge in [-0.3, -0.25) is 0 Å². The van der Waals surface area contributed by atoms with Crippen LogP contribution in [-0.4, -0.2) is 16.3 Å². The summed E-state index contributed by atoms with van der Waals surface area (Å²) in [5.74, 6) is 0. The molecule has 0 bridgehead atoms. The van der Waals surface area contributed by atoms with Crippen LogP contribution < -0.4 is 5.73 Å². The lowest BCUT2D eigenvalue weighted by Gasteiger charge is -2.21. The van der Waals surface area contributed by atoms with Gasteiger partial charge in [0.2, 0.25) is 0 Å². The molecule has 1 aromatic heterocycles. The average molecular weight is 284 g/mol. The van der Waals surface area contributed by atoms with Crippen LogP contribution in [0.5, 0.6) is 0 Å². The number of aliphatic hydroxyl groups excluding tert-OH is 1. The maximum atomic E-state index is 8.99. The molecule has 0 fully saturated rings. The molecule has 21 heavy (non-hydrogen) atoms. The number of fused-ring (bicyclic) bond motifs is 1. The first kappa shape index (κ1) is 14.4. The minimum absolute atomic E-state index is 0.186. The minimum Gasteiger partial charge on any atom is -0.396 e. The molecule has 0 spiro atoms. The fourth-order valence-corrected chi connectivity index (χ4v) is 3.43.